The highest BCUT2D eigenvalue weighted by molar-refractivity contribution is 7.14. The number of nitriles is 1. The monoisotopic (exact) mass is 264 g/mol. The van der Waals surface area contributed by atoms with E-state index in [2.05, 4.69) is 0 Å². The fraction of sp³-hybridized carbons (Fsp3) is 0.417. The lowest BCUT2D eigenvalue weighted by Gasteiger charge is -2.23. The highest BCUT2D eigenvalue weighted by Crippen LogP contribution is 2.28. The molecule has 18 heavy (non-hydrogen) atoms. The predicted octanol–water partition coefficient (Wildman–Crippen LogP) is 1.45. The number of amides is 1. The zero-order valence-corrected chi connectivity index (χ0v) is 10.7. The maximum absolute atomic E-state index is 12.0. The molecule has 0 fully saturated rings. The molecule has 0 bridgehead atoms. The molecule has 5 nitrogen and oxygen atoms in total. The lowest BCUT2D eigenvalue weighted by Crippen LogP contribution is -2.36. The molecule has 6 heteroatoms. The van der Waals surface area contributed by atoms with Gasteiger partial charge >= 0.3 is 5.97 Å². The minimum Gasteiger partial charge on any atom is -0.462 e. The number of carbonyl (C=O) groups is 2. The lowest BCUT2D eigenvalue weighted by molar-refractivity contribution is 0.0532. The molecule has 0 saturated carbocycles. The zero-order chi connectivity index (χ0) is 13.1. The third-order valence-corrected chi connectivity index (χ3v) is 3.85. The first kappa shape index (κ1) is 12.6. The zero-order valence-electron chi connectivity index (χ0n) is 9.93. The van der Waals surface area contributed by atoms with E-state index in [-0.39, 0.29) is 12.5 Å². The standard InChI is InChI=1S/C12H12N2O3S/c1-2-17-12(16)10-7-8-9(18-10)3-5-14(6-4-13)11(8)15/h7H,2-3,5-6H2,1H3. The molecule has 1 amide bonds. The summed E-state index contributed by atoms with van der Waals surface area (Å²) < 4.78 is 4.91. The van der Waals surface area contributed by atoms with Gasteiger partial charge in [0.2, 0.25) is 0 Å². The van der Waals surface area contributed by atoms with Gasteiger partial charge in [0.25, 0.3) is 5.91 Å². The van der Waals surface area contributed by atoms with Crippen LogP contribution < -0.4 is 0 Å². The highest BCUT2D eigenvalue weighted by Gasteiger charge is 2.28. The van der Waals surface area contributed by atoms with Gasteiger partial charge in [-0.05, 0) is 13.0 Å². The molecule has 1 aliphatic heterocycles. The summed E-state index contributed by atoms with van der Waals surface area (Å²) >= 11 is 1.30. The molecule has 0 N–H and O–H groups in total. The summed E-state index contributed by atoms with van der Waals surface area (Å²) in [5.41, 5.74) is 0.532. The summed E-state index contributed by atoms with van der Waals surface area (Å²) in [5, 5.41) is 8.63. The van der Waals surface area contributed by atoms with Gasteiger partial charge < -0.3 is 9.64 Å². The quantitative estimate of drug-likeness (QED) is 0.612. The normalized spacial score (nSPS) is 14.0. The minimum absolute atomic E-state index is 0.0862. The number of ether oxygens (including phenoxy) is 1. The Hall–Kier alpha value is -1.87. The predicted molar refractivity (Wildman–Crippen MR) is 65.5 cm³/mol. The molecule has 2 heterocycles. The minimum atomic E-state index is -0.392. The molecule has 0 atom stereocenters. The number of esters is 1. The Kier molecular flexibility index (Phi) is 3.63. The smallest absolute Gasteiger partial charge is 0.348 e. The number of thiophene rings is 1. The Morgan fingerprint density at radius 3 is 3.11 bits per heavy atom. The van der Waals surface area contributed by atoms with Crippen LogP contribution in [0.5, 0.6) is 0 Å². The molecule has 0 aliphatic carbocycles. The SMILES string of the molecule is CCOC(=O)c1cc2c(s1)CCN(CC#N)C2=O. The first-order chi connectivity index (χ1) is 8.67. The summed E-state index contributed by atoms with van der Waals surface area (Å²) in [4.78, 5) is 26.5. The average Bonchev–Trinajstić information content (AvgIpc) is 2.78. The van der Waals surface area contributed by atoms with Crippen molar-refractivity contribution >= 4 is 23.2 Å². The number of rotatable bonds is 3. The van der Waals surface area contributed by atoms with E-state index in [1.165, 1.54) is 16.2 Å². The molecule has 0 saturated heterocycles. The summed E-state index contributed by atoms with van der Waals surface area (Å²) in [6.07, 6.45) is 0.687. The van der Waals surface area contributed by atoms with Gasteiger partial charge in [0.1, 0.15) is 11.4 Å². The van der Waals surface area contributed by atoms with Crippen molar-refractivity contribution in [2.75, 3.05) is 19.7 Å². The van der Waals surface area contributed by atoms with Gasteiger partial charge in [-0.3, -0.25) is 4.79 Å². The van der Waals surface area contributed by atoms with Crippen LogP contribution >= 0.6 is 11.3 Å². The summed E-state index contributed by atoms with van der Waals surface area (Å²) in [6.45, 7) is 2.67. The van der Waals surface area contributed by atoms with Crippen LogP contribution in [0.15, 0.2) is 6.07 Å². The van der Waals surface area contributed by atoms with Crippen molar-refractivity contribution < 1.29 is 14.3 Å². The van der Waals surface area contributed by atoms with Crippen LogP contribution in [0.2, 0.25) is 0 Å². The van der Waals surface area contributed by atoms with Crippen molar-refractivity contribution in [3.8, 4) is 6.07 Å². The summed E-state index contributed by atoms with van der Waals surface area (Å²) in [6, 6.07) is 3.54. The first-order valence-electron chi connectivity index (χ1n) is 5.63. The Morgan fingerprint density at radius 2 is 2.44 bits per heavy atom. The third-order valence-electron chi connectivity index (χ3n) is 2.67. The maximum atomic E-state index is 12.0. The second-order valence-corrected chi connectivity index (χ2v) is 4.94. The van der Waals surface area contributed by atoms with Crippen LogP contribution in [-0.2, 0) is 11.2 Å². The fourth-order valence-corrected chi connectivity index (χ4v) is 2.88. The topological polar surface area (TPSA) is 70.4 Å². The summed E-state index contributed by atoms with van der Waals surface area (Å²) in [7, 11) is 0. The van der Waals surface area contributed by atoms with Crippen LogP contribution in [0.1, 0.15) is 31.8 Å². The molecule has 0 aromatic carbocycles. The van der Waals surface area contributed by atoms with E-state index in [1.807, 2.05) is 6.07 Å². The van der Waals surface area contributed by atoms with Crippen molar-refractivity contribution in [3.63, 3.8) is 0 Å². The number of hydrogen-bond donors (Lipinski definition) is 0. The van der Waals surface area contributed by atoms with E-state index >= 15 is 0 Å². The lowest BCUT2D eigenvalue weighted by atomic mass is 10.1. The van der Waals surface area contributed by atoms with E-state index in [1.54, 1.807) is 13.0 Å². The summed E-state index contributed by atoms with van der Waals surface area (Å²) in [5.74, 6) is -0.568. The van der Waals surface area contributed by atoms with Crippen LogP contribution in [0.25, 0.3) is 0 Å². The van der Waals surface area contributed by atoms with Crippen molar-refractivity contribution in [1.82, 2.24) is 4.90 Å². The number of carbonyl (C=O) groups excluding carboxylic acids is 2. The Labute approximate surface area is 109 Å². The number of fused-ring (bicyclic) bond motifs is 1. The average molecular weight is 264 g/mol. The molecule has 1 aromatic heterocycles. The molecule has 94 valence electrons. The third kappa shape index (κ3) is 2.22. The first-order valence-corrected chi connectivity index (χ1v) is 6.45. The largest absolute Gasteiger partial charge is 0.462 e. The van der Waals surface area contributed by atoms with Gasteiger partial charge in [0.05, 0.1) is 18.2 Å². The van der Waals surface area contributed by atoms with Gasteiger partial charge in [-0.1, -0.05) is 0 Å². The fourth-order valence-electron chi connectivity index (χ4n) is 1.84. The van der Waals surface area contributed by atoms with E-state index in [0.717, 1.165) is 4.88 Å². The molecule has 0 spiro atoms. The Bertz CT molecular complexity index is 530. The molecule has 1 aliphatic rings. The van der Waals surface area contributed by atoms with E-state index in [9.17, 15) is 9.59 Å². The molecule has 0 unspecified atom stereocenters. The molecule has 2 rings (SSSR count). The molecular weight excluding hydrogens is 252 g/mol. The van der Waals surface area contributed by atoms with Gasteiger partial charge in [-0.15, -0.1) is 11.3 Å². The second kappa shape index (κ2) is 5.19. The van der Waals surface area contributed by atoms with Gasteiger partial charge in [0, 0.05) is 17.8 Å². The maximum Gasteiger partial charge on any atom is 0.348 e. The highest BCUT2D eigenvalue weighted by atomic mass is 32.1. The van der Waals surface area contributed by atoms with E-state index in [0.29, 0.717) is 30.0 Å². The van der Waals surface area contributed by atoms with Crippen molar-refractivity contribution in [1.29, 1.82) is 5.26 Å². The van der Waals surface area contributed by atoms with E-state index < -0.39 is 5.97 Å². The van der Waals surface area contributed by atoms with Crippen LogP contribution in [0.3, 0.4) is 0 Å². The van der Waals surface area contributed by atoms with Gasteiger partial charge in [0.15, 0.2) is 0 Å². The number of nitrogens with zero attached hydrogens (tertiary/aromatic N) is 2. The van der Waals surface area contributed by atoms with Crippen LogP contribution in [0.4, 0.5) is 0 Å². The van der Waals surface area contributed by atoms with Gasteiger partial charge in [-0.25, -0.2) is 4.79 Å². The van der Waals surface area contributed by atoms with Crippen LogP contribution in [-0.4, -0.2) is 36.5 Å². The Morgan fingerprint density at radius 1 is 1.67 bits per heavy atom. The van der Waals surface area contributed by atoms with Crippen molar-refractivity contribution in [2.45, 2.75) is 13.3 Å². The molecular formula is C12H12N2O3S. The van der Waals surface area contributed by atoms with Crippen molar-refractivity contribution in [3.05, 3.63) is 21.4 Å². The van der Waals surface area contributed by atoms with Gasteiger partial charge in [-0.2, -0.15) is 5.26 Å². The number of hydrogen-bond acceptors (Lipinski definition) is 5. The molecule has 0 radical (unpaired) electrons. The second-order valence-electron chi connectivity index (χ2n) is 3.80. The van der Waals surface area contributed by atoms with Crippen molar-refractivity contribution in [2.24, 2.45) is 0 Å². The molecule has 1 aromatic rings. The Balaban J connectivity index is 2.25. The van der Waals surface area contributed by atoms with Crippen LogP contribution in [0, 0.1) is 11.3 Å². The van der Waals surface area contributed by atoms with E-state index in [4.69, 9.17) is 10.00 Å².